The van der Waals surface area contributed by atoms with Crippen molar-refractivity contribution in [3.8, 4) is 0 Å². The molecule has 0 aromatic heterocycles. The number of rotatable bonds is 6. The van der Waals surface area contributed by atoms with Crippen LogP contribution in [0.25, 0.3) is 6.08 Å². The molecule has 0 bridgehead atoms. The average Bonchev–Trinajstić information content (AvgIpc) is 2.79. The van der Waals surface area contributed by atoms with Crippen LogP contribution in [-0.4, -0.2) is 16.7 Å². The van der Waals surface area contributed by atoms with E-state index in [4.69, 9.17) is 11.6 Å². The molecule has 0 heterocycles. The van der Waals surface area contributed by atoms with Gasteiger partial charge >= 0.3 is 0 Å². The van der Waals surface area contributed by atoms with Gasteiger partial charge in [0.2, 0.25) is 5.91 Å². The zero-order valence-electron chi connectivity index (χ0n) is 19.0. The first-order chi connectivity index (χ1) is 16.0. The van der Waals surface area contributed by atoms with Crippen LogP contribution < -0.4 is 10.6 Å². The normalized spacial score (nSPS) is 11.3. The van der Waals surface area contributed by atoms with Gasteiger partial charge in [-0.15, -0.1) is 0 Å². The molecule has 0 aliphatic carbocycles. The van der Waals surface area contributed by atoms with Crippen molar-refractivity contribution in [1.29, 1.82) is 0 Å². The van der Waals surface area contributed by atoms with Crippen molar-refractivity contribution in [2.24, 2.45) is 0 Å². The quantitative estimate of drug-likeness (QED) is 0.242. The van der Waals surface area contributed by atoms with Crippen molar-refractivity contribution in [1.82, 2.24) is 0 Å². The van der Waals surface area contributed by atoms with Gasteiger partial charge in [-0.05, 0) is 65.1 Å². The highest BCUT2D eigenvalue weighted by Crippen LogP contribution is 2.26. The van der Waals surface area contributed by atoms with E-state index in [0.29, 0.717) is 22.5 Å². The van der Waals surface area contributed by atoms with Crippen molar-refractivity contribution in [3.05, 3.63) is 105 Å². The first-order valence-electron chi connectivity index (χ1n) is 10.5. The SMILES string of the molecule is CC(C)(C)c1ccc(C(=O)Nc2ccc(NC(=O)/C=C/c3ccc(Cl)c([N+](=O)[O-])c3)cc2)cc1. The lowest BCUT2D eigenvalue weighted by Gasteiger charge is -2.19. The Morgan fingerprint density at radius 2 is 1.50 bits per heavy atom. The monoisotopic (exact) mass is 477 g/mol. The Bertz CT molecular complexity index is 1240. The van der Waals surface area contributed by atoms with E-state index in [2.05, 4.69) is 31.4 Å². The lowest BCUT2D eigenvalue weighted by Crippen LogP contribution is -2.14. The number of amides is 2. The number of nitro groups is 1. The van der Waals surface area contributed by atoms with E-state index < -0.39 is 10.8 Å². The third kappa shape index (κ3) is 6.52. The number of nitrogens with zero attached hydrogens (tertiary/aromatic N) is 1. The summed E-state index contributed by atoms with van der Waals surface area (Å²) in [5, 5.41) is 16.5. The van der Waals surface area contributed by atoms with E-state index in [1.165, 1.54) is 24.3 Å². The van der Waals surface area contributed by atoms with Gasteiger partial charge in [0.1, 0.15) is 5.02 Å². The number of carbonyl (C=O) groups is 2. The zero-order valence-corrected chi connectivity index (χ0v) is 19.7. The summed E-state index contributed by atoms with van der Waals surface area (Å²) < 4.78 is 0. The predicted octanol–water partition coefficient (Wildman–Crippen LogP) is 6.45. The molecule has 34 heavy (non-hydrogen) atoms. The number of halogens is 1. The van der Waals surface area contributed by atoms with Gasteiger partial charge in [0, 0.05) is 29.1 Å². The van der Waals surface area contributed by atoms with Gasteiger partial charge in [-0.1, -0.05) is 50.6 Å². The highest BCUT2D eigenvalue weighted by Gasteiger charge is 2.15. The summed E-state index contributed by atoms with van der Waals surface area (Å²) in [6.07, 6.45) is 2.72. The summed E-state index contributed by atoms with van der Waals surface area (Å²) in [4.78, 5) is 35.1. The molecule has 0 unspecified atom stereocenters. The summed E-state index contributed by atoms with van der Waals surface area (Å²) >= 11 is 5.79. The molecular weight excluding hydrogens is 454 g/mol. The van der Waals surface area contributed by atoms with Gasteiger partial charge in [-0.2, -0.15) is 0 Å². The number of anilines is 2. The van der Waals surface area contributed by atoms with Crippen LogP contribution in [0.2, 0.25) is 5.02 Å². The highest BCUT2D eigenvalue weighted by molar-refractivity contribution is 6.32. The molecule has 0 spiro atoms. The molecular formula is C26H24ClN3O4. The Labute approximate surface area is 202 Å². The molecule has 0 aliphatic rings. The van der Waals surface area contributed by atoms with E-state index in [9.17, 15) is 19.7 Å². The number of nitro benzene ring substituents is 1. The van der Waals surface area contributed by atoms with E-state index in [1.54, 1.807) is 42.5 Å². The van der Waals surface area contributed by atoms with Gasteiger partial charge in [-0.25, -0.2) is 0 Å². The maximum atomic E-state index is 12.5. The molecule has 174 valence electrons. The maximum Gasteiger partial charge on any atom is 0.288 e. The van der Waals surface area contributed by atoms with E-state index >= 15 is 0 Å². The van der Waals surface area contributed by atoms with Crippen molar-refractivity contribution < 1.29 is 14.5 Å². The van der Waals surface area contributed by atoms with Gasteiger partial charge in [0.15, 0.2) is 0 Å². The number of benzene rings is 3. The summed E-state index contributed by atoms with van der Waals surface area (Å²) in [6, 6.07) is 18.5. The fourth-order valence-corrected chi connectivity index (χ4v) is 3.28. The van der Waals surface area contributed by atoms with Crippen LogP contribution in [0.15, 0.2) is 72.8 Å². The van der Waals surface area contributed by atoms with Crippen LogP contribution in [0.3, 0.4) is 0 Å². The molecule has 3 aromatic carbocycles. The Kier molecular flexibility index (Phi) is 7.48. The predicted molar refractivity (Wildman–Crippen MR) is 135 cm³/mol. The summed E-state index contributed by atoms with van der Waals surface area (Å²) in [6.45, 7) is 6.34. The van der Waals surface area contributed by atoms with Crippen molar-refractivity contribution >= 4 is 46.6 Å². The second kappa shape index (κ2) is 10.3. The molecule has 3 rings (SSSR count). The van der Waals surface area contributed by atoms with Gasteiger partial charge < -0.3 is 10.6 Å². The largest absolute Gasteiger partial charge is 0.323 e. The molecule has 3 aromatic rings. The standard InChI is InChI=1S/C26H24ClN3O4/c1-26(2,3)19-8-6-18(7-9-19)25(32)29-21-12-10-20(11-13-21)28-24(31)15-5-17-4-14-22(27)23(16-17)30(33)34/h4-16H,1-3H3,(H,28,31)(H,29,32)/b15-5+. The van der Waals surface area contributed by atoms with E-state index in [0.717, 1.165) is 5.56 Å². The van der Waals surface area contributed by atoms with Crippen LogP contribution in [-0.2, 0) is 10.2 Å². The zero-order chi connectivity index (χ0) is 24.9. The molecule has 2 amide bonds. The molecule has 0 aliphatic heterocycles. The fourth-order valence-electron chi connectivity index (χ4n) is 3.09. The smallest absolute Gasteiger partial charge is 0.288 e. The van der Waals surface area contributed by atoms with Gasteiger partial charge in [0.05, 0.1) is 4.92 Å². The third-order valence-electron chi connectivity index (χ3n) is 5.02. The second-order valence-electron chi connectivity index (χ2n) is 8.65. The van der Waals surface area contributed by atoms with Crippen LogP contribution in [0.4, 0.5) is 17.1 Å². The minimum absolute atomic E-state index is 0.0112. The van der Waals surface area contributed by atoms with Crippen LogP contribution in [0, 0.1) is 10.1 Å². The number of nitrogens with one attached hydrogen (secondary N) is 2. The topological polar surface area (TPSA) is 101 Å². The van der Waals surface area contributed by atoms with Crippen LogP contribution >= 0.6 is 11.6 Å². The van der Waals surface area contributed by atoms with Crippen LogP contribution in [0.1, 0.15) is 42.3 Å². The molecule has 0 saturated heterocycles. The Balaban J connectivity index is 1.58. The van der Waals surface area contributed by atoms with Crippen molar-refractivity contribution in [2.75, 3.05) is 10.6 Å². The number of hydrogen-bond donors (Lipinski definition) is 2. The number of carbonyl (C=O) groups excluding carboxylic acids is 2. The summed E-state index contributed by atoms with van der Waals surface area (Å²) in [7, 11) is 0. The van der Waals surface area contributed by atoms with Gasteiger partial charge in [0.25, 0.3) is 11.6 Å². The molecule has 8 heteroatoms. The third-order valence-corrected chi connectivity index (χ3v) is 5.34. The van der Waals surface area contributed by atoms with Crippen molar-refractivity contribution in [2.45, 2.75) is 26.2 Å². The maximum absolute atomic E-state index is 12.5. The van der Waals surface area contributed by atoms with Crippen LogP contribution in [0.5, 0.6) is 0 Å². The minimum Gasteiger partial charge on any atom is -0.323 e. The summed E-state index contributed by atoms with van der Waals surface area (Å²) in [5.41, 5.74) is 3.07. The lowest BCUT2D eigenvalue weighted by molar-refractivity contribution is -0.384. The van der Waals surface area contributed by atoms with Gasteiger partial charge in [-0.3, -0.25) is 19.7 Å². The minimum atomic E-state index is -0.582. The molecule has 7 nitrogen and oxygen atoms in total. The average molecular weight is 478 g/mol. The first-order valence-corrected chi connectivity index (χ1v) is 10.9. The molecule has 0 fully saturated rings. The second-order valence-corrected chi connectivity index (χ2v) is 9.06. The lowest BCUT2D eigenvalue weighted by atomic mass is 9.87. The fraction of sp³-hybridized carbons (Fsp3) is 0.154. The first kappa shape index (κ1) is 24.7. The Morgan fingerprint density at radius 1 is 0.912 bits per heavy atom. The molecule has 0 saturated carbocycles. The molecule has 2 N–H and O–H groups in total. The van der Waals surface area contributed by atoms with Crippen molar-refractivity contribution in [3.63, 3.8) is 0 Å². The van der Waals surface area contributed by atoms with E-state index in [-0.39, 0.29) is 22.0 Å². The molecule has 0 radical (unpaired) electrons. The van der Waals surface area contributed by atoms with E-state index in [1.807, 2.05) is 12.1 Å². The highest BCUT2D eigenvalue weighted by atomic mass is 35.5. The summed E-state index contributed by atoms with van der Waals surface area (Å²) in [5.74, 6) is -0.634. The number of hydrogen-bond acceptors (Lipinski definition) is 4. The Hall–Kier alpha value is -3.97. The Morgan fingerprint density at radius 3 is 2.06 bits per heavy atom. The molecule has 0 atom stereocenters.